The molecule has 1 aliphatic rings. The number of benzene rings is 1. The average molecular weight is 454 g/mol. The molecule has 0 spiro atoms. The third-order valence-corrected chi connectivity index (χ3v) is 7.07. The average Bonchev–Trinajstić information content (AvgIpc) is 2.92. The first kappa shape index (κ1) is 22.2. The van der Waals surface area contributed by atoms with Crippen molar-refractivity contribution in [2.24, 2.45) is 0 Å². The van der Waals surface area contributed by atoms with Gasteiger partial charge in [0, 0.05) is 18.7 Å². The molecule has 0 bridgehead atoms. The summed E-state index contributed by atoms with van der Waals surface area (Å²) in [6.45, 7) is 7.78. The van der Waals surface area contributed by atoms with Gasteiger partial charge in [0.15, 0.2) is 6.10 Å². The molecule has 1 N–H and O–H groups in total. The number of anilines is 1. The van der Waals surface area contributed by atoms with Crippen molar-refractivity contribution < 1.29 is 14.3 Å². The minimum Gasteiger partial charge on any atom is -0.448 e. The zero-order chi connectivity index (χ0) is 23.0. The largest absolute Gasteiger partial charge is 0.448 e. The Bertz CT molecular complexity index is 1270. The summed E-state index contributed by atoms with van der Waals surface area (Å²) < 4.78 is 7.20. The summed E-state index contributed by atoms with van der Waals surface area (Å²) in [5.74, 6) is -0.244. The number of fused-ring (bicyclic) bond motifs is 2. The molecular weight excluding hydrogens is 426 g/mol. The van der Waals surface area contributed by atoms with Crippen LogP contribution in [-0.4, -0.2) is 27.5 Å². The number of rotatable bonds is 4. The quantitative estimate of drug-likeness (QED) is 0.595. The second-order valence-corrected chi connectivity index (χ2v) is 9.39. The van der Waals surface area contributed by atoms with Crippen LogP contribution in [0.4, 0.5) is 5.69 Å². The van der Waals surface area contributed by atoms with Gasteiger partial charge in [0.25, 0.3) is 11.5 Å². The molecule has 8 heteroatoms. The van der Waals surface area contributed by atoms with Crippen molar-refractivity contribution in [2.45, 2.75) is 66.0 Å². The predicted molar refractivity (Wildman–Crippen MR) is 126 cm³/mol. The van der Waals surface area contributed by atoms with Crippen LogP contribution in [0, 0.1) is 20.8 Å². The van der Waals surface area contributed by atoms with E-state index in [0.717, 1.165) is 54.0 Å². The van der Waals surface area contributed by atoms with E-state index >= 15 is 0 Å². The van der Waals surface area contributed by atoms with Crippen LogP contribution in [0.25, 0.3) is 10.2 Å². The summed E-state index contributed by atoms with van der Waals surface area (Å²) in [6, 6.07) is 5.77. The third-order valence-electron chi connectivity index (χ3n) is 5.90. The number of ether oxygens (including phenoxy) is 1. The van der Waals surface area contributed by atoms with Gasteiger partial charge < -0.3 is 10.1 Å². The Morgan fingerprint density at radius 2 is 1.97 bits per heavy atom. The molecule has 2 aromatic heterocycles. The van der Waals surface area contributed by atoms with Crippen molar-refractivity contribution in [2.75, 3.05) is 5.32 Å². The third kappa shape index (κ3) is 4.19. The summed E-state index contributed by atoms with van der Waals surface area (Å²) in [4.78, 5) is 44.1. The summed E-state index contributed by atoms with van der Waals surface area (Å²) in [5, 5.41) is 3.29. The number of hydrogen-bond acceptors (Lipinski definition) is 6. The number of carbonyl (C=O) groups excluding carboxylic acids is 2. The van der Waals surface area contributed by atoms with Gasteiger partial charge in [-0.3, -0.25) is 14.2 Å². The highest BCUT2D eigenvalue weighted by Crippen LogP contribution is 2.29. The van der Waals surface area contributed by atoms with Crippen LogP contribution >= 0.6 is 11.3 Å². The molecule has 0 fully saturated rings. The highest BCUT2D eigenvalue weighted by molar-refractivity contribution is 7.20. The van der Waals surface area contributed by atoms with Gasteiger partial charge in [-0.1, -0.05) is 18.6 Å². The predicted octanol–water partition coefficient (Wildman–Crippen LogP) is 4.29. The molecular formula is C24H27N3O4S. The monoisotopic (exact) mass is 453 g/mol. The van der Waals surface area contributed by atoms with Crippen molar-refractivity contribution in [1.29, 1.82) is 0 Å². The Balaban J connectivity index is 1.56. The van der Waals surface area contributed by atoms with Crippen molar-refractivity contribution >= 4 is 39.1 Å². The lowest BCUT2D eigenvalue weighted by Crippen LogP contribution is -2.30. The molecule has 3 aromatic rings. The Morgan fingerprint density at radius 3 is 2.75 bits per heavy atom. The van der Waals surface area contributed by atoms with E-state index in [-0.39, 0.29) is 5.56 Å². The first-order chi connectivity index (χ1) is 15.3. The van der Waals surface area contributed by atoms with E-state index in [2.05, 4.69) is 10.3 Å². The molecule has 32 heavy (non-hydrogen) atoms. The maximum atomic E-state index is 13.1. The van der Waals surface area contributed by atoms with E-state index in [1.54, 1.807) is 11.5 Å². The Labute approximate surface area is 190 Å². The summed E-state index contributed by atoms with van der Waals surface area (Å²) in [5.41, 5.74) is 3.10. The number of thiophene rings is 1. The highest BCUT2D eigenvalue weighted by Gasteiger charge is 2.26. The summed E-state index contributed by atoms with van der Waals surface area (Å²) >= 11 is 1.16. The van der Waals surface area contributed by atoms with Gasteiger partial charge >= 0.3 is 5.97 Å². The molecule has 1 aliphatic heterocycles. The molecule has 1 atom stereocenters. The van der Waals surface area contributed by atoms with Crippen molar-refractivity contribution in [1.82, 2.24) is 9.55 Å². The molecule has 4 rings (SSSR count). The molecule has 0 saturated carbocycles. The minimum absolute atomic E-state index is 0.0968. The lowest BCUT2D eigenvalue weighted by molar-refractivity contribution is -0.123. The molecule has 1 amide bonds. The van der Waals surface area contributed by atoms with Crippen LogP contribution in [0.1, 0.15) is 58.4 Å². The van der Waals surface area contributed by atoms with E-state index in [1.165, 1.54) is 6.92 Å². The topological polar surface area (TPSA) is 90.3 Å². The van der Waals surface area contributed by atoms with E-state index in [9.17, 15) is 14.4 Å². The molecule has 7 nitrogen and oxygen atoms in total. The molecule has 0 saturated heterocycles. The zero-order valence-electron chi connectivity index (χ0n) is 18.8. The van der Waals surface area contributed by atoms with Crippen LogP contribution in [0.15, 0.2) is 23.0 Å². The molecule has 1 unspecified atom stereocenters. The normalized spacial score (nSPS) is 14.5. The number of nitrogens with one attached hydrogen (secondary N) is 1. The standard InChI is InChI=1S/C24H27N3O4S/c1-13-9-10-14(2)17(12-13)25-21(28)16(4)31-24(30)20-15(3)19-22(32-20)26-18-8-6-5-7-11-27(18)23(19)29/h9-10,12,16H,5-8,11H2,1-4H3,(H,25,28). The van der Waals surface area contributed by atoms with Gasteiger partial charge in [0.1, 0.15) is 15.5 Å². The van der Waals surface area contributed by atoms with E-state index in [0.29, 0.717) is 32.9 Å². The van der Waals surface area contributed by atoms with Crippen LogP contribution in [-0.2, 0) is 22.5 Å². The van der Waals surface area contributed by atoms with Crippen LogP contribution < -0.4 is 10.9 Å². The van der Waals surface area contributed by atoms with Gasteiger partial charge in [0.2, 0.25) is 0 Å². The van der Waals surface area contributed by atoms with Crippen molar-refractivity contribution in [3.63, 3.8) is 0 Å². The number of aromatic nitrogens is 2. The fourth-order valence-corrected chi connectivity index (χ4v) is 5.05. The van der Waals surface area contributed by atoms with Gasteiger partial charge in [0.05, 0.1) is 5.39 Å². The number of carbonyl (C=O) groups is 2. The first-order valence-electron chi connectivity index (χ1n) is 10.9. The summed E-state index contributed by atoms with van der Waals surface area (Å²) in [7, 11) is 0. The lowest BCUT2D eigenvalue weighted by Gasteiger charge is -2.15. The Morgan fingerprint density at radius 1 is 1.19 bits per heavy atom. The lowest BCUT2D eigenvalue weighted by atomic mass is 10.1. The van der Waals surface area contributed by atoms with Crippen LogP contribution in [0.5, 0.6) is 0 Å². The van der Waals surface area contributed by atoms with Crippen molar-refractivity contribution in [3.05, 3.63) is 55.9 Å². The molecule has 3 heterocycles. The van der Waals surface area contributed by atoms with Gasteiger partial charge in [-0.15, -0.1) is 11.3 Å². The fraction of sp³-hybridized carbons (Fsp3) is 0.417. The maximum Gasteiger partial charge on any atom is 0.349 e. The number of aryl methyl sites for hydroxylation is 4. The molecule has 168 valence electrons. The second kappa shape index (κ2) is 8.86. The summed E-state index contributed by atoms with van der Waals surface area (Å²) in [6.07, 6.45) is 2.81. The van der Waals surface area contributed by atoms with Gasteiger partial charge in [-0.05, 0) is 63.3 Å². The smallest absolute Gasteiger partial charge is 0.349 e. The van der Waals surface area contributed by atoms with E-state index in [4.69, 9.17) is 4.74 Å². The highest BCUT2D eigenvalue weighted by atomic mass is 32.1. The van der Waals surface area contributed by atoms with E-state index in [1.807, 2.05) is 32.0 Å². The number of nitrogens with zero attached hydrogens (tertiary/aromatic N) is 2. The fourth-order valence-electron chi connectivity index (χ4n) is 3.98. The SMILES string of the molecule is Cc1ccc(C)c(NC(=O)C(C)OC(=O)c2sc3nc4n(c(=O)c3c2C)CCCCC4)c1. The zero-order valence-corrected chi connectivity index (χ0v) is 19.6. The molecule has 1 aromatic carbocycles. The van der Waals surface area contributed by atoms with Crippen molar-refractivity contribution in [3.8, 4) is 0 Å². The Kier molecular flexibility index (Phi) is 6.15. The first-order valence-corrected chi connectivity index (χ1v) is 11.7. The van der Waals surface area contributed by atoms with Crippen LogP contribution in [0.2, 0.25) is 0 Å². The van der Waals surface area contributed by atoms with Crippen LogP contribution in [0.3, 0.4) is 0 Å². The van der Waals surface area contributed by atoms with Gasteiger partial charge in [-0.25, -0.2) is 9.78 Å². The Hall–Kier alpha value is -3.00. The number of hydrogen-bond donors (Lipinski definition) is 1. The van der Waals surface area contributed by atoms with Gasteiger partial charge in [-0.2, -0.15) is 0 Å². The second-order valence-electron chi connectivity index (χ2n) is 8.39. The molecule has 0 radical (unpaired) electrons. The van der Waals surface area contributed by atoms with E-state index < -0.39 is 18.0 Å². The molecule has 0 aliphatic carbocycles. The number of esters is 1. The maximum absolute atomic E-state index is 13.1. The number of amides is 1. The minimum atomic E-state index is -0.988.